The molecule has 0 saturated heterocycles. The topological polar surface area (TPSA) is 88.1 Å². The lowest BCUT2D eigenvalue weighted by Crippen LogP contribution is -2.33. The fourth-order valence-electron chi connectivity index (χ4n) is 4.92. The fraction of sp³-hybridized carbons (Fsp3) is 0.258. The minimum atomic E-state index is -3.93. The summed E-state index contributed by atoms with van der Waals surface area (Å²) in [5, 5.41) is 5.02. The predicted octanol–water partition coefficient (Wildman–Crippen LogP) is 6.55. The van der Waals surface area contributed by atoms with E-state index in [1.807, 2.05) is 30.3 Å². The van der Waals surface area contributed by atoms with Gasteiger partial charge in [0.25, 0.3) is 0 Å². The van der Waals surface area contributed by atoms with Crippen molar-refractivity contribution in [2.45, 2.75) is 56.6 Å². The average molecular weight is 556 g/mol. The zero-order valence-electron chi connectivity index (χ0n) is 22.6. The molecule has 0 atom stereocenters. The van der Waals surface area contributed by atoms with Crippen molar-refractivity contribution in [3.8, 4) is 11.1 Å². The van der Waals surface area contributed by atoms with Crippen LogP contribution in [0.15, 0.2) is 84.1 Å². The number of anilines is 1. The zero-order chi connectivity index (χ0) is 28.1. The minimum absolute atomic E-state index is 0.0661. The summed E-state index contributed by atoms with van der Waals surface area (Å²) in [6.45, 7) is 6.12. The summed E-state index contributed by atoms with van der Waals surface area (Å²) in [6.07, 6.45) is 4.60. The number of nitrogens with zero attached hydrogens (tertiary/aromatic N) is 4. The highest BCUT2D eigenvalue weighted by Crippen LogP contribution is 2.36. The van der Waals surface area contributed by atoms with Gasteiger partial charge in [-0.1, -0.05) is 30.3 Å². The Morgan fingerprint density at radius 1 is 0.950 bits per heavy atom. The Hall–Kier alpha value is -3.95. The normalized spacial score (nSPS) is 14.2. The third kappa shape index (κ3) is 5.14. The van der Waals surface area contributed by atoms with E-state index in [4.69, 9.17) is 0 Å². The van der Waals surface area contributed by atoms with E-state index in [9.17, 15) is 8.42 Å². The second kappa shape index (κ2) is 9.91. The van der Waals surface area contributed by atoms with Crippen molar-refractivity contribution in [2.75, 3.05) is 5.32 Å². The highest BCUT2D eigenvalue weighted by atomic mass is 32.2. The summed E-state index contributed by atoms with van der Waals surface area (Å²) in [5.74, 6) is 0.274. The number of halogens is 1. The monoisotopic (exact) mass is 555 g/mol. The zero-order valence-corrected chi connectivity index (χ0v) is 23.4. The Labute approximate surface area is 233 Å². The van der Waals surface area contributed by atoms with Crippen LogP contribution in [0.4, 0.5) is 10.2 Å². The van der Waals surface area contributed by atoms with Gasteiger partial charge in [-0.25, -0.2) is 22.8 Å². The van der Waals surface area contributed by atoms with Crippen LogP contribution in [0.5, 0.6) is 0 Å². The molecule has 1 aliphatic rings. The molecule has 0 unspecified atom stereocenters. The molecule has 1 aliphatic carbocycles. The molecule has 0 radical (unpaired) electrons. The van der Waals surface area contributed by atoms with Crippen molar-refractivity contribution < 1.29 is 12.8 Å². The first-order valence-corrected chi connectivity index (χ1v) is 14.7. The van der Waals surface area contributed by atoms with Crippen LogP contribution in [0, 0.1) is 5.82 Å². The molecule has 1 fully saturated rings. The molecular weight excluding hydrogens is 525 g/mol. The minimum Gasteiger partial charge on any atom is -0.365 e. The molecule has 40 heavy (non-hydrogen) atoms. The first-order chi connectivity index (χ1) is 19.1. The smallest absolute Gasteiger partial charge is 0.245 e. The highest BCUT2D eigenvalue weighted by molar-refractivity contribution is 7.89. The van der Waals surface area contributed by atoms with Crippen LogP contribution in [0.3, 0.4) is 0 Å². The Morgan fingerprint density at radius 3 is 2.48 bits per heavy atom. The van der Waals surface area contributed by atoms with Crippen LogP contribution in [0.25, 0.3) is 32.9 Å². The Balaban J connectivity index is 1.38. The van der Waals surface area contributed by atoms with E-state index in [0.717, 1.165) is 46.1 Å². The molecule has 0 amide bonds. The Bertz CT molecular complexity index is 1840. The van der Waals surface area contributed by atoms with E-state index < -0.39 is 15.8 Å². The number of hydrogen-bond donors (Lipinski definition) is 1. The van der Waals surface area contributed by atoms with Crippen molar-refractivity contribution in [1.29, 1.82) is 0 Å². The van der Waals surface area contributed by atoms with Crippen LogP contribution in [-0.2, 0) is 16.6 Å². The summed E-state index contributed by atoms with van der Waals surface area (Å²) in [7, 11) is -3.93. The van der Waals surface area contributed by atoms with Gasteiger partial charge in [-0.3, -0.25) is 4.98 Å². The first-order valence-electron chi connectivity index (χ1n) is 13.3. The second-order valence-electron chi connectivity index (χ2n) is 11.2. The quantitative estimate of drug-likeness (QED) is 0.245. The van der Waals surface area contributed by atoms with E-state index >= 15 is 4.39 Å². The SMILES string of the molecule is CC(C)(C)Nc1ncnc2ccc(-c3ccc(F)c(CN(C4CC4)S(=O)(=O)c4cccc5cccnc45)c3)cc12. The number of benzene rings is 3. The van der Waals surface area contributed by atoms with Crippen LogP contribution >= 0.6 is 0 Å². The van der Waals surface area contributed by atoms with E-state index in [0.29, 0.717) is 11.1 Å². The van der Waals surface area contributed by atoms with Crippen molar-refractivity contribution >= 4 is 37.6 Å². The van der Waals surface area contributed by atoms with Gasteiger partial charge in [0.1, 0.15) is 22.9 Å². The number of aromatic nitrogens is 3. The van der Waals surface area contributed by atoms with Crippen LogP contribution < -0.4 is 5.32 Å². The fourth-order valence-corrected chi connectivity index (χ4v) is 6.75. The van der Waals surface area contributed by atoms with Crippen molar-refractivity contribution in [2.24, 2.45) is 0 Å². The molecule has 1 saturated carbocycles. The molecule has 7 nitrogen and oxygen atoms in total. The van der Waals surface area contributed by atoms with Gasteiger partial charge in [-0.2, -0.15) is 4.31 Å². The average Bonchev–Trinajstić information content (AvgIpc) is 3.76. The molecule has 0 bridgehead atoms. The van der Waals surface area contributed by atoms with E-state index in [1.165, 1.54) is 16.7 Å². The summed E-state index contributed by atoms with van der Waals surface area (Å²) in [6, 6.07) is 19.3. The van der Waals surface area contributed by atoms with E-state index in [1.54, 1.807) is 36.5 Å². The molecule has 2 aromatic heterocycles. The standard InChI is InChI=1S/C31H30FN5O2S/c1-31(2,3)36-30-25-17-22(10-14-27(25)34-19-35-30)21-9-13-26(32)23(16-21)18-37(24-11-12-24)40(38,39)28-8-4-6-20-7-5-15-33-29(20)28/h4-10,13-17,19,24H,11-12,18H2,1-3H3,(H,34,35,36). The molecule has 2 heterocycles. The van der Waals surface area contributed by atoms with Gasteiger partial charge >= 0.3 is 0 Å². The Kier molecular flexibility index (Phi) is 6.51. The largest absolute Gasteiger partial charge is 0.365 e. The summed E-state index contributed by atoms with van der Waals surface area (Å²) in [5.41, 5.74) is 2.98. The van der Waals surface area contributed by atoms with Gasteiger partial charge in [0.15, 0.2) is 0 Å². The molecular formula is C31H30FN5O2S. The molecule has 5 aromatic rings. The van der Waals surface area contributed by atoms with E-state index in [-0.39, 0.29) is 23.0 Å². The number of fused-ring (bicyclic) bond motifs is 2. The molecule has 204 valence electrons. The van der Waals surface area contributed by atoms with Gasteiger partial charge < -0.3 is 5.32 Å². The van der Waals surface area contributed by atoms with Gasteiger partial charge in [0.05, 0.1) is 11.0 Å². The molecule has 0 aliphatic heterocycles. The highest BCUT2D eigenvalue weighted by Gasteiger charge is 2.39. The lowest BCUT2D eigenvalue weighted by atomic mass is 10.0. The maximum absolute atomic E-state index is 15.2. The maximum Gasteiger partial charge on any atom is 0.245 e. The first kappa shape index (κ1) is 26.3. The number of sulfonamides is 1. The molecule has 3 aromatic carbocycles. The van der Waals surface area contributed by atoms with Gasteiger partial charge in [-0.05, 0) is 81.1 Å². The summed E-state index contributed by atoms with van der Waals surface area (Å²) >= 11 is 0. The number of rotatable bonds is 7. The molecule has 9 heteroatoms. The molecule has 1 N–H and O–H groups in total. The third-order valence-electron chi connectivity index (χ3n) is 6.97. The maximum atomic E-state index is 15.2. The van der Waals surface area contributed by atoms with Crippen LogP contribution in [0.1, 0.15) is 39.2 Å². The lowest BCUT2D eigenvalue weighted by Gasteiger charge is -2.23. The summed E-state index contributed by atoms with van der Waals surface area (Å²) < 4.78 is 44.5. The number of hydrogen-bond acceptors (Lipinski definition) is 6. The second-order valence-corrected chi connectivity index (χ2v) is 13.1. The molecule has 6 rings (SSSR count). The van der Waals surface area contributed by atoms with Crippen molar-refractivity contribution in [1.82, 2.24) is 19.3 Å². The number of pyridine rings is 1. The Morgan fingerprint density at radius 2 is 1.70 bits per heavy atom. The van der Waals surface area contributed by atoms with Gasteiger partial charge in [-0.15, -0.1) is 0 Å². The summed E-state index contributed by atoms with van der Waals surface area (Å²) in [4.78, 5) is 13.3. The third-order valence-corrected chi connectivity index (χ3v) is 8.90. The number of nitrogens with one attached hydrogen (secondary N) is 1. The van der Waals surface area contributed by atoms with Gasteiger partial charge in [0.2, 0.25) is 10.0 Å². The van der Waals surface area contributed by atoms with E-state index in [2.05, 4.69) is 41.0 Å². The van der Waals surface area contributed by atoms with Gasteiger partial charge in [0, 0.05) is 40.7 Å². The van der Waals surface area contributed by atoms with Crippen molar-refractivity contribution in [3.63, 3.8) is 0 Å². The van der Waals surface area contributed by atoms with Crippen LogP contribution in [0.2, 0.25) is 0 Å². The predicted molar refractivity (Wildman–Crippen MR) is 156 cm³/mol. The van der Waals surface area contributed by atoms with Crippen LogP contribution in [-0.4, -0.2) is 39.3 Å². The molecule has 0 spiro atoms. The number of para-hydroxylation sites is 1. The lowest BCUT2D eigenvalue weighted by molar-refractivity contribution is 0.392. The van der Waals surface area contributed by atoms with Crippen molar-refractivity contribution in [3.05, 3.63) is 90.6 Å².